The number of imidazole rings is 1. The molecule has 0 fully saturated rings. The molecular formula is C10H6ClFN2O. The Balaban J connectivity index is 2.54. The molecule has 3 nitrogen and oxygen atoms in total. The van der Waals surface area contributed by atoms with Crippen LogP contribution in [-0.4, -0.2) is 15.8 Å². The number of hydrogen-bond acceptors (Lipinski definition) is 2. The lowest BCUT2D eigenvalue weighted by molar-refractivity contribution is 0.111. The van der Waals surface area contributed by atoms with Gasteiger partial charge in [0.15, 0.2) is 12.1 Å². The first-order chi connectivity index (χ1) is 7.22. The Morgan fingerprint density at radius 2 is 2.27 bits per heavy atom. The smallest absolute Gasteiger partial charge is 0.185 e. The Labute approximate surface area is 90.1 Å². The lowest BCUT2D eigenvalue weighted by atomic mass is 10.3. The number of carbonyl (C=O) groups is 1. The molecule has 0 spiro atoms. The van der Waals surface area contributed by atoms with Crippen LogP contribution >= 0.6 is 11.6 Å². The van der Waals surface area contributed by atoms with Crippen LogP contribution in [0.25, 0.3) is 5.69 Å². The van der Waals surface area contributed by atoms with Crippen LogP contribution in [-0.2, 0) is 0 Å². The summed E-state index contributed by atoms with van der Waals surface area (Å²) in [5, 5.41) is 0.0121. The van der Waals surface area contributed by atoms with Gasteiger partial charge in [-0.2, -0.15) is 0 Å². The van der Waals surface area contributed by atoms with E-state index in [-0.39, 0.29) is 10.8 Å². The van der Waals surface area contributed by atoms with Crippen LogP contribution in [0.2, 0.25) is 5.02 Å². The molecule has 0 N–H and O–H groups in total. The van der Waals surface area contributed by atoms with Gasteiger partial charge < -0.3 is 0 Å². The van der Waals surface area contributed by atoms with Crippen LogP contribution in [0, 0.1) is 5.82 Å². The van der Waals surface area contributed by atoms with Crippen molar-refractivity contribution in [2.24, 2.45) is 0 Å². The topological polar surface area (TPSA) is 34.9 Å². The number of halogens is 2. The molecule has 15 heavy (non-hydrogen) atoms. The van der Waals surface area contributed by atoms with Gasteiger partial charge in [0.25, 0.3) is 0 Å². The van der Waals surface area contributed by atoms with E-state index < -0.39 is 5.82 Å². The summed E-state index contributed by atoms with van der Waals surface area (Å²) in [6, 6.07) is 4.20. The van der Waals surface area contributed by atoms with Crippen LogP contribution in [0.15, 0.2) is 30.6 Å². The van der Waals surface area contributed by atoms with E-state index in [1.165, 1.54) is 29.0 Å². The van der Waals surface area contributed by atoms with Crippen molar-refractivity contribution in [1.82, 2.24) is 9.55 Å². The van der Waals surface area contributed by atoms with Crippen LogP contribution in [0.4, 0.5) is 4.39 Å². The van der Waals surface area contributed by atoms with E-state index >= 15 is 0 Å². The molecule has 2 rings (SSSR count). The highest BCUT2D eigenvalue weighted by molar-refractivity contribution is 6.30. The molecule has 5 heteroatoms. The molecule has 1 aromatic heterocycles. The van der Waals surface area contributed by atoms with Crippen LogP contribution in [0.1, 0.15) is 10.6 Å². The van der Waals surface area contributed by atoms with Gasteiger partial charge in [-0.15, -0.1) is 0 Å². The molecule has 0 radical (unpaired) electrons. The highest BCUT2D eigenvalue weighted by Crippen LogP contribution is 2.19. The van der Waals surface area contributed by atoms with Crippen molar-refractivity contribution in [1.29, 1.82) is 0 Å². The molecule has 0 saturated carbocycles. The molecule has 0 amide bonds. The molecular weight excluding hydrogens is 219 g/mol. The van der Waals surface area contributed by atoms with Crippen molar-refractivity contribution in [2.45, 2.75) is 0 Å². The lowest BCUT2D eigenvalue weighted by Gasteiger charge is -2.04. The van der Waals surface area contributed by atoms with Gasteiger partial charge in [-0.1, -0.05) is 11.6 Å². The predicted octanol–water partition coefficient (Wildman–Crippen LogP) is 2.48. The van der Waals surface area contributed by atoms with E-state index in [9.17, 15) is 9.18 Å². The summed E-state index contributed by atoms with van der Waals surface area (Å²) in [7, 11) is 0. The Hall–Kier alpha value is -1.68. The lowest BCUT2D eigenvalue weighted by Crippen LogP contribution is -1.99. The summed E-state index contributed by atoms with van der Waals surface area (Å²) in [4.78, 5) is 14.4. The highest BCUT2D eigenvalue weighted by Gasteiger charge is 2.06. The van der Waals surface area contributed by atoms with Gasteiger partial charge in [-0.3, -0.25) is 9.36 Å². The van der Waals surface area contributed by atoms with E-state index in [0.717, 1.165) is 0 Å². The number of hydrogen-bond donors (Lipinski definition) is 0. The average molecular weight is 225 g/mol. The Morgan fingerprint density at radius 1 is 1.47 bits per heavy atom. The van der Waals surface area contributed by atoms with Gasteiger partial charge in [0, 0.05) is 18.1 Å². The zero-order valence-electron chi connectivity index (χ0n) is 7.52. The van der Waals surface area contributed by atoms with Crippen molar-refractivity contribution in [2.75, 3.05) is 0 Å². The molecule has 0 atom stereocenters. The maximum atomic E-state index is 12.9. The largest absolute Gasteiger partial charge is 0.298 e. The second-order valence-electron chi connectivity index (χ2n) is 2.87. The van der Waals surface area contributed by atoms with Crippen molar-refractivity contribution in [3.05, 3.63) is 47.3 Å². The van der Waals surface area contributed by atoms with Crippen LogP contribution < -0.4 is 0 Å². The summed E-state index contributed by atoms with van der Waals surface area (Å²) >= 11 is 5.63. The molecule has 0 aliphatic rings. The molecule has 0 bridgehead atoms. The fraction of sp³-hybridized carbons (Fsp3) is 0. The van der Waals surface area contributed by atoms with E-state index in [1.807, 2.05) is 0 Å². The number of rotatable bonds is 2. The van der Waals surface area contributed by atoms with E-state index in [0.29, 0.717) is 12.0 Å². The minimum absolute atomic E-state index is 0.0121. The maximum Gasteiger partial charge on any atom is 0.185 e. The number of aldehydes is 1. The third-order valence-electron chi connectivity index (χ3n) is 1.96. The molecule has 1 aromatic carbocycles. The summed E-state index contributed by atoms with van der Waals surface area (Å²) < 4.78 is 14.4. The van der Waals surface area contributed by atoms with Gasteiger partial charge in [0.2, 0.25) is 0 Å². The third kappa shape index (κ3) is 1.76. The Morgan fingerprint density at radius 3 is 2.93 bits per heavy atom. The van der Waals surface area contributed by atoms with Crippen molar-refractivity contribution < 1.29 is 9.18 Å². The standard InChI is InChI=1S/C10H6ClFN2O/c11-8-5-7(1-2-9(8)12)14-4-3-13-10(14)6-15/h1-6H. The molecule has 1 heterocycles. The zero-order valence-corrected chi connectivity index (χ0v) is 8.28. The second-order valence-corrected chi connectivity index (χ2v) is 3.28. The number of carbonyl (C=O) groups excluding carboxylic acids is 1. The van der Waals surface area contributed by atoms with Gasteiger partial charge in [-0.25, -0.2) is 9.37 Å². The van der Waals surface area contributed by atoms with Crippen LogP contribution in [0.5, 0.6) is 0 Å². The van der Waals surface area contributed by atoms with Crippen LogP contribution in [0.3, 0.4) is 0 Å². The van der Waals surface area contributed by atoms with E-state index in [2.05, 4.69) is 4.98 Å². The van der Waals surface area contributed by atoms with Gasteiger partial charge in [0.1, 0.15) is 5.82 Å². The van der Waals surface area contributed by atoms with Crippen molar-refractivity contribution in [3.8, 4) is 5.69 Å². The van der Waals surface area contributed by atoms with Crippen molar-refractivity contribution in [3.63, 3.8) is 0 Å². The molecule has 0 saturated heterocycles. The zero-order chi connectivity index (χ0) is 10.8. The van der Waals surface area contributed by atoms with Gasteiger partial charge >= 0.3 is 0 Å². The normalized spacial score (nSPS) is 10.3. The Bertz CT molecular complexity index is 510. The minimum atomic E-state index is -0.492. The fourth-order valence-corrected chi connectivity index (χ4v) is 1.43. The second kappa shape index (κ2) is 3.82. The maximum absolute atomic E-state index is 12.9. The summed E-state index contributed by atoms with van der Waals surface area (Å²) in [6.07, 6.45) is 3.71. The molecule has 0 aliphatic heterocycles. The van der Waals surface area contributed by atoms with E-state index in [4.69, 9.17) is 11.6 Å². The number of benzene rings is 1. The molecule has 2 aromatic rings. The summed E-state index contributed by atoms with van der Waals surface area (Å²) in [5.74, 6) is -0.245. The van der Waals surface area contributed by atoms with Gasteiger partial charge in [-0.05, 0) is 18.2 Å². The van der Waals surface area contributed by atoms with Crippen molar-refractivity contribution >= 4 is 17.9 Å². The predicted molar refractivity (Wildman–Crippen MR) is 53.9 cm³/mol. The summed E-state index contributed by atoms with van der Waals surface area (Å²) in [5.41, 5.74) is 0.598. The SMILES string of the molecule is O=Cc1nccn1-c1ccc(F)c(Cl)c1. The van der Waals surface area contributed by atoms with Gasteiger partial charge in [0.05, 0.1) is 5.02 Å². The highest BCUT2D eigenvalue weighted by atomic mass is 35.5. The number of aromatic nitrogens is 2. The third-order valence-corrected chi connectivity index (χ3v) is 2.25. The number of nitrogens with zero attached hydrogens (tertiary/aromatic N) is 2. The monoisotopic (exact) mass is 224 g/mol. The molecule has 0 unspecified atom stereocenters. The fourth-order valence-electron chi connectivity index (χ4n) is 1.26. The minimum Gasteiger partial charge on any atom is -0.298 e. The quantitative estimate of drug-likeness (QED) is 0.735. The van der Waals surface area contributed by atoms with E-state index in [1.54, 1.807) is 6.20 Å². The first kappa shape index (κ1) is 9.86. The summed E-state index contributed by atoms with van der Waals surface area (Å²) in [6.45, 7) is 0. The Kier molecular flexibility index (Phi) is 2.51. The molecule has 0 aliphatic carbocycles. The molecule has 76 valence electrons. The first-order valence-corrected chi connectivity index (χ1v) is 4.54. The first-order valence-electron chi connectivity index (χ1n) is 4.16. The average Bonchev–Trinajstić information content (AvgIpc) is 2.70.